The Labute approximate surface area is 594 Å². The first-order valence-corrected chi connectivity index (χ1v) is 43.4. The minimum Gasteiger partial charge on any atom is -0.462 e. The summed E-state index contributed by atoms with van der Waals surface area (Å²) >= 11 is 0. The van der Waals surface area contributed by atoms with Gasteiger partial charge in [0, 0.05) is 25.7 Å². The molecule has 3 unspecified atom stereocenters. The van der Waals surface area contributed by atoms with E-state index in [0.717, 1.165) is 108 Å². The van der Waals surface area contributed by atoms with Gasteiger partial charge in [-0.1, -0.05) is 350 Å². The third-order valence-electron chi connectivity index (χ3n) is 18.5. The molecular formula is C78H152O17P2. The van der Waals surface area contributed by atoms with Crippen LogP contribution in [0.2, 0.25) is 0 Å². The number of esters is 4. The van der Waals surface area contributed by atoms with Crippen molar-refractivity contribution in [1.82, 2.24) is 0 Å². The molecule has 0 amide bonds. The van der Waals surface area contributed by atoms with Crippen molar-refractivity contribution in [2.75, 3.05) is 39.6 Å². The van der Waals surface area contributed by atoms with Crippen LogP contribution in [-0.2, 0) is 65.4 Å². The Morgan fingerprint density at radius 2 is 0.526 bits per heavy atom. The molecule has 0 bridgehead atoms. The quantitative estimate of drug-likeness (QED) is 0.0222. The molecule has 3 N–H and O–H groups in total. The third-order valence-corrected chi connectivity index (χ3v) is 20.4. The summed E-state index contributed by atoms with van der Waals surface area (Å²) in [5, 5.41) is 10.6. The van der Waals surface area contributed by atoms with E-state index in [0.29, 0.717) is 25.7 Å². The van der Waals surface area contributed by atoms with Crippen LogP contribution in [0.5, 0.6) is 0 Å². The average Bonchev–Trinajstić information content (AvgIpc) is 1.30. The number of hydrogen-bond donors (Lipinski definition) is 3. The van der Waals surface area contributed by atoms with E-state index in [-0.39, 0.29) is 25.7 Å². The largest absolute Gasteiger partial charge is 0.472 e. The fourth-order valence-electron chi connectivity index (χ4n) is 11.9. The first-order chi connectivity index (χ1) is 46.8. The molecule has 0 saturated heterocycles. The van der Waals surface area contributed by atoms with Crippen LogP contribution in [0.15, 0.2) is 0 Å². The second-order valence-corrected chi connectivity index (χ2v) is 32.2. The number of phosphoric acid groups is 2. The molecule has 17 nitrogen and oxygen atoms in total. The fourth-order valence-corrected chi connectivity index (χ4v) is 13.5. The molecule has 0 saturated carbocycles. The van der Waals surface area contributed by atoms with Gasteiger partial charge in [-0.05, 0) is 43.4 Å². The molecule has 97 heavy (non-hydrogen) atoms. The summed E-state index contributed by atoms with van der Waals surface area (Å²) in [5.74, 6) is 0.185. The predicted molar refractivity (Wildman–Crippen MR) is 395 cm³/mol. The lowest BCUT2D eigenvalue weighted by molar-refractivity contribution is -0.161. The Kier molecular flexibility index (Phi) is 67.1. The van der Waals surface area contributed by atoms with Gasteiger partial charge in [0.25, 0.3) is 0 Å². The number of aliphatic hydroxyl groups is 1. The van der Waals surface area contributed by atoms with Crippen LogP contribution in [0.25, 0.3) is 0 Å². The van der Waals surface area contributed by atoms with Crippen LogP contribution in [0.1, 0.15) is 402 Å². The van der Waals surface area contributed by atoms with Gasteiger partial charge < -0.3 is 33.8 Å². The van der Waals surface area contributed by atoms with Gasteiger partial charge in [0.2, 0.25) is 0 Å². The van der Waals surface area contributed by atoms with Crippen molar-refractivity contribution in [3.63, 3.8) is 0 Å². The van der Waals surface area contributed by atoms with Crippen LogP contribution in [-0.4, -0.2) is 96.7 Å². The average molecular weight is 1420 g/mol. The Morgan fingerprint density at radius 1 is 0.299 bits per heavy atom. The molecule has 0 spiro atoms. The van der Waals surface area contributed by atoms with Crippen LogP contribution in [0.3, 0.4) is 0 Å². The van der Waals surface area contributed by atoms with Crippen LogP contribution in [0, 0.1) is 17.8 Å². The third kappa shape index (κ3) is 70.9. The molecule has 0 aromatic heterocycles. The molecule has 0 aliphatic carbocycles. The Bertz CT molecular complexity index is 1890. The SMILES string of the molecule is CCCCCCCCCCCCCCCCCCCCC(=O)O[C@H](COC(=O)CCCCCCCCCCCCCC(C)C)COP(=O)(O)OC[C@@H](O)COP(=O)(O)OC[C@@H](COC(=O)CCCCCCCCCCC(C)C)OC(=O)CCCCCCCCCCCCC(C)CC. The summed E-state index contributed by atoms with van der Waals surface area (Å²) in [6.45, 7) is 11.9. The topological polar surface area (TPSA) is 237 Å². The Hall–Kier alpha value is -1.94. The number of ether oxygens (including phenoxy) is 4. The molecule has 0 aromatic rings. The van der Waals surface area contributed by atoms with Crippen LogP contribution in [0.4, 0.5) is 0 Å². The Balaban J connectivity index is 5.26. The van der Waals surface area contributed by atoms with E-state index in [9.17, 15) is 43.2 Å². The van der Waals surface area contributed by atoms with Crippen molar-refractivity contribution in [2.45, 2.75) is 420 Å². The van der Waals surface area contributed by atoms with E-state index in [2.05, 4.69) is 48.5 Å². The molecule has 0 heterocycles. The van der Waals surface area contributed by atoms with Crippen LogP contribution >= 0.6 is 15.6 Å². The van der Waals surface area contributed by atoms with Gasteiger partial charge in [-0.25, -0.2) is 9.13 Å². The normalized spacial score (nSPS) is 14.3. The first kappa shape index (κ1) is 95.1. The minimum atomic E-state index is -4.96. The highest BCUT2D eigenvalue weighted by Crippen LogP contribution is 2.45. The van der Waals surface area contributed by atoms with Crippen molar-refractivity contribution >= 4 is 39.5 Å². The lowest BCUT2D eigenvalue weighted by Gasteiger charge is -2.21. The Morgan fingerprint density at radius 3 is 0.784 bits per heavy atom. The second-order valence-electron chi connectivity index (χ2n) is 29.3. The van der Waals surface area contributed by atoms with Gasteiger partial charge in [0.15, 0.2) is 12.2 Å². The number of aliphatic hydroxyl groups excluding tert-OH is 1. The summed E-state index contributed by atoms with van der Waals surface area (Å²) < 4.78 is 68.6. The van der Waals surface area contributed by atoms with Gasteiger partial charge in [-0.3, -0.25) is 37.3 Å². The van der Waals surface area contributed by atoms with E-state index in [1.165, 1.54) is 212 Å². The maximum Gasteiger partial charge on any atom is 0.472 e. The van der Waals surface area contributed by atoms with Gasteiger partial charge in [-0.15, -0.1) is 0 Å². The van der Waals surface area contributed by atoms with Crippen molar-refractivity contribution in [2.24, 2.45) is 17.8 Å². The van der Waals surface area contributed by atoms with E-state index in [4.69, 9.17) is 37.0 Å². The van der Waals surface area contributed by atoms with Gasteiger partial charge in [-0.2, -0.15) is 0 Å². The lowest BCUT2D eigenvalue weighted by atomic mass is 9.99. The minimum absolute atomic E-state index is 0.106. The zero-order valence-corrected chi connectivity index (χ0v) is 65.3. The molecule has 0 fully saturated rings. The summed E-state index contributed by atoms with van der Waals surface area (Å²) in [7, 11) is -9.92. The summed E-state index contributed by atoms with van der Waals surface area (Å²) in [5.41, 5.74) is 0. The number of phosphoric ester groups is 2. The molecule has 19 heteroatoms. The second kappa shape index (κ2) is 68.5. The summed E-state index contributed by atoms with van der Waals surface area (Å²) in [6.07, 6.45) is 55.4. The molecule has 0 aromatic carbocycles. The van der Waals surface area contributed by atoms with Gasteiger partial charge in [0.1, 0.15) is 19.3 Å². The smallest absolute Gasteiger partial charge is 0.462 e. The van der Waals surface area contributed by atoms with Crippen molar-refractivity contribution < 1.29 is 80.2 Å². The molecule has 0 aliphatic heterocycles. The van der Waals surface area contributed by atoms with Crippen molar-refractivity contribution in [3.8, 4) is 0 Å². The summed E-state index contributed by atoms with van der Waals surface area (Å²) in [6, 6.07) is 0. The molecule has 0 radical (unpaired) electrons. The van der Waals surface area contributed by atoms with E-state index < -0.39 is 97.5 Å². The number of carbonyl (C=O) groups excluding carboxylic acids is 4. The van der Waals surface area contributed by atoms with Crippen molar-refractivity contribution in [1.29, 1.82) is 0 Å². The zero-order valence-electron chi connectivity index (χ0n) is 63.5. The number of rotatable bonds is 76. The number of hydrogen-bond acceptors (Lipinski definition) is 15. The maximum absolute atomic E-state index is 13.1. The molecule has 0 aliphatic rings. The highest BCUT2D eigenvalue weighted by molar-refractivity contribution is 7.47. The summed E-state index contributed by atoms with van der Waals surface area (Å²) in [4.78, 5) is 72.9. The van der Waals surface area contributed by atoms with Gasteiger partial charge >= 0.3 is 39.5 Å². The highest BCUT2D eigenvalue weighted by atomic mass is 31.2. The van der Waals surface area contributed by atoms with E-state index in [1.807, 2.05) is 0 Å². The fraction of sp³-hybridized carbons (Fsp3) is 0.949. The standard InChI is InChI=1S/C78H152O17P2/c1-8-10-11-12-13-14-15-16-17-18-19-20-21-24-31-40-47-54-61-77(82)94-73(65-88-75(80)59-52-45-38-30-25-22-23-28-35-42-49-56-69(3)4)67-92-96(84,85)90-63-72(79)64-91-97(86,87)93-68-74(66-89-76(81)60-53-46-39-34-33-36-43-50-57-70(5)6)95-78(83)62-55-48-41-32-27-26-29-37-44-51-58-71(7)9-2/h69-74,79H,8-68H2,1-7H3,(H,84,85)(H,86,87)/t71?,72-,73-,74-/m1/s1. The van der Waals surface area contributed by atoms with Gasteiger partial charge in [0.05, 0.1) is 26.4 Å². The zero-order chi connectivity index (χ0) is 71.6. The van der Waals surface area contributed by atoms with Crippen molar-refractivity contribution in [3.05, 3.63) is 0 Å². The van der Waals surface area contributed by atoms with Crippen LogP contribution < -0.4 is 0 Å². The highest BCUT2D eigenvalue weighted by Gasteiger charge is 2.30. The van der Waals surface area contributed by atoms with E-state index >= 15 is 0 Å². The molecule has 0 rings (SSSR count). The van der Waals surface area contributed by atoms with E-state index in [1.54, 1.807) is 0 Å². The lowest BCUT2D eigenvalue weighted by Crippen LogP contribution is -2.30. The predicted octanol–water partition coefficient (Wildman–Crippen LogP) is 23.0. The number of carbonyl (C=O) groups is 4. The monoisotopic (exact) mass is 1420 g/mol. The molecule has 576 valence electrons. The molecule has 6 atom stereocenters. The first-order valence-electron chi connectivity index (χ1n) is 40.4. The maximum atomic E-state index is 13.1. The number of unbranched alkanes of at least 4 members (excludes halogenated alkanes) is 43. The molecular weight excluding hydrogens is 1270 g/mol.